The molecule has 2 aromatic rings. The van der Waals surface area contributed by atoms with Gasteiger partial charge in [0, 0.05) is 12.1 Å². The predicted octanol–water partition coefficient (Wildman–Crippen LogP) is 5.07. The van der Waals surface area contributed by atoms with Gasteiger partial charge in [-0.2, -0.15) is 0 Å². The normalized spacial score (nSPS) is 18.2. The van der Waals surface area contributed by atoms with Crippen molar-refractivity contribution in [2.45, 2.75) is 57.5 Å². The van der Waals surface area contributed by atoms with Crippen LogP contribution in [0.5, 0.6) is 5.75 Å². The first kappa shape index (κ1) is 17.1. The van der Waals surface area contributed by atoms with Crippen molar-refractivity contribution in [1.29, 1.82) is 0 Å². The van der Waals surface area contributed by atoms with Crippen molar-refractivity contribution in [3.63, 3.8) is 0 Å². The van der Waals surface area contributed by atoms with E-state index < -0.39 is 0 Å². The number of carbonyl (C=O) groups is 1. The molecule has 4 rings (SSSR count). The standard InChI is InChI=1S/C23H27NO2/c1-3-18-8-7-9-20-21(18)22(25)24(23(20)14-5-4-6-15-23)16-17-10-12-19(26-2)13-11-17/h7-13H,3-6,14-16H2,1-2H3. The Labute approximate surface area is 156 Å². The number of fused-ring (bicyclic) bond motifs is 2. The summed E-state index contributed by atoms with van der Waals surface area (Å²) in [4.78, 5) is 15.6. The van der Waals surface area contributed by atoms with Crippen LogP contribution in [0.3, 0.4) is 0 Å². The number of rotatable bonds is 4. The quantitative estimate of drug-likeness (QED) is 0.771. The van der Waals surface area contributed by atoms with Gasteiger partial charge in [-0.1, -0.05) is 56.5 Å². The average molecular weight is 349 g/mol. The number of benzene rings is 2. The molecule has 1 saturated carbocycles. The third-order valence-electron chi connectivity index (χ3n) is 6.19. The van der Waals surface area contributed by atoms with Gasteiger partial charge in [-0.15, -0.1) is 0 Å². The highest BCUT2D eigenvalue weighted by Crippen LogP contribution is 2.50. The summed E-state index contributed by atoms with van der Waals surface area (Å²) < 4.78 is 5.27. The van der Waals surface area contributed by atoms with E-state index in [2.05, 4.69) is 42.2 Å². The van der Waals surface area contributed by atoms with Gasteiger partial charge in [0.15, 0.2) is 0 Å². The van der Waals surface area contributed by atoms with Crippen LogP contribution in [0.2, 0.25) is 0 Å². The fourth-order valence-corrected chi connectivity index (χ4v) is 4.82. The Hall–Kier alpha value is -2.29. The Morgan fingerprint density at radius 2 is 1.77 bits per heavy atom. The fraction of sp³-hybridized carbons (Fsp3) is 0.435. The Morgan fingerprint density at radius 1 is 1.04 bits per heavy atom. The van der Waals surface area contributed by atoms with Gasteiger partial charge in [-0.3, -0.25) is 4.79 Å². The van der Waals surface area contributed by atoms with Crippen LogP contribution < -0.4 is 4.74 Å². The van der Waals surface area contributed by atoms with Gasteiger partial charge >= 0.3 is 0 Å². The number of amides is 1. The zero-order valence-electron chi connectivity index (χ0n) is 15.8. The summed E-state index contributed by atoms with van der Waals surface area (Å²) in [7, 11) is 1.68. The van der Waals surface area contributed by atoms with Gasteiger partial charge in [0.05, 0.1) is 12.6 Å². The number of carbonyl (C=O) groups excluding carboxylic acids is 1. The van der Waals surface area contributed by atoms with Gasteiger partial charge in [0.25, 0.3) is 5.91 Å². The second kappa shape index (κ2) is 6.79. The lowest BCUT2D eigenvalue weighted by Crippen LogP contribution is -2.44. The minimum atomic E-state index is -0.115. The van der Waals surface area contributed by atoms with E-state index in [1.165, 1.54) is 30.4 Å². The molecule has 0 radical (unpaired) electrons. The lowest BCUT2D eigenvalue weighted by molar-refractivity contribution is 0.0386. The summed E-state index contributed by atoms with van der Waals surface area (Å²) in [5.74, 6) is 1.07. The highest BCUT2D eigenvalue weighted by atomic mass is 16.5. The monoisotopic (exact) mass is 349 g/mol. The van der Waals surface area contributed by atoms with E-state index in [0.29, 0.717) is 6.54 Å². The smallest absolute Gasteiger partial charge is 0.255 e. The molecule has 2 aliphatic rings. The van der Waals surface area contributed by atoms with E-state index >= 15 is 0 Å². The van der Waals surface area contributed by atoms with E-state index in [4.69, 9.17) is 4.74 Å². The van der Waals surface area contributed by atoms with Crippen molar-refractivity contribution in [2.24, 2.45) is 0 Å². The Kier molecular flexibility index (Phi) is 4.47. The topological polar surface area (TPSA) is 29.5 Å². The molecule has 1 aliphatic carbocycles. The SMILES string of the molecule is CCc1cccc2c1C(=O)N(Cc1ccc(OC)cc1)C21CCCCC1. The molecule has 1 fully saturated rings. The largest absolute Gasteiger partial charge is 0.497 e. The van der Waals surface area contributed by atoms with Gasteiger partial charge in [-0.25, -0.2) is 0 Å². The van der Waals surface area contributed by atoms with Gasteiger partial charge in [0.2, 0.25) is 0 Å². The highest BCUT2D eigenvalue weighted by Gasteiger charge is 2.50. The minimum absolute atomic E-state index is 0.115. The van der Waals surface area contributed by atoms with Gasteiger partial charge in [0.1, 0.15) is 5.75 Å². The van der Waals surface area contributed by atoms with Crippen LogP contribution in [0.1, 0.15) is 66.1 Å². The first-order valence-corrected chi connectivity index (χ1v) is 9.77. The molecule has 26 heavy (non-hydrogen) atoms. The lowest BCUT2D eigenvalue weighted by Gasteiger charge is -2.42. The average Bonchev–Trinajstić information content (AvgIpc) is 2.92. The third-order valence-corrected chi connectivity index (χ3v) is 6.19. The van der Waals surface area contributed by atoms with E-state index in [0.717, 1.165) is 36.1 Å². The van der Waals surface area contributed by atoms with Gasteiger partial charge in [-0.05, 0) is 48.1 Å². The van der Waals surface area contributed by atoms with Crippen molar-refractivity contribution in [3.8, 4) is 5.75 Å². The van der Waals surface area contributed by atoms with Crippen molar-refractivity contribution < 1.29 is 9.53 Å². The van der Waals surface area contributed by atoms with E-state index in [1.807, 2.05) is 12.1 Å². The first-order valence-electron chi connectivity index (χ1n) is 9.77. The van der Waals surface area contributed by atoms with Gasteiger partial charge < -0.3 is 9.64 Å². The molecule has 0 saturated heterocycles. The molecule has 0 bridgehead atoms. The van der Waals surface area contributed by atoms with Crippen LogP contribution >= 0.6 is 0 Å². The van der Waals surface area contributed by atoms with Crippen LogP contribution in [0.4, 0.5) is 0 Å². The number of methoxy groups -OCH3 is 1. The maximum absolute atomic E-state index is 13.5. The van der Waals surface area contributed by atoms with E-state index in [9.17, 15) is 4.79 Å². The molecule has 1 spiro atoms. The van der Waals surface area contributed by atoms with Crippen molar-refractivity contribution in [3.05, 3.63) is 64.7 Å². The van der Waals surface area contributed by atoms with Crippen LogP contribution in [0.25, 0.3) is 0 Å². The van der Waals surface area contributed by atoms with Crippen LogP contribution in [0, 0.1) is 0 Å². The zero-order chi connectivity index (χ0) is 18.1. The first-order chi connectivity index (χ1) is 12.7. The summed E-state index contributed by atoms with van der Waals surface area (Å²) in [6.07, 6.45) is 6.73. The molecule has 1 heterocycles. The molecule has 0 aromatic heterocycles. The van der Waals surface area contributed by atoms with E-state index in [1.54, 1.807) is 7.11 Å². The summed E-state index contributed by atoms with van der Waals surface area (Å²) in [6, 6.07) is 14.6. The molecular formula is C23H27NO2. The zero-order valence-corrected chi connectivity index (χ0v) is 15.8. The molecular weight excluding hydrogens is 322 g/mol. The number of ether oxygens (including phenoxy) is 1. The molecule has 3 nitrogen and oxygen atoms in total. The van der Waals surface area contributed by atoms with Crippen molar-refractivity contribution in [1.82, 2.24) is 4.90 Å². The molecule has 0 unspecified atom stereocenters. The predicted molar refractivity (Wildman–Crippen MR) is 103 cm³/mol. The maximum atomic E-state index is 13.5. The second-order valence-electron chi connectivity index (χ2n) is 7.52. The Morgan fingerprint density at radius 3 is 2.42 bits per heavy atom. The van der Waals surface area contributed by atoms with Crippen LogP contribution in [-0.2, 0) is 18.5 Å². The Balaban J connectivity index is 1.76. The Bertz CT molecular complexity index is 803. The van der Waals surface area contributed by atoms with Crippen molar-refractivity contribution >= 4 is 5.91 Å². The summed E-state index contributed by atoms with van der Waals surface area (Å²) in [5.41, 5.74) is 4.49. The molecule has 1 amide bonds. The minimum Gasteiger partial charge on any atom is -0.497 e. The summed E-state index contributed by atoms with van der Waals surface area (Å²) >= 11 is 0. The fourth-order valence-electron chi connectivity index (χ4n) is 4.82. The molecule has 1 aliphatic heterocycles. The number of hydrogen-bond acceptors (Lipinski definition) is 2. The number of aryl methyl sites for hydroxylation is 1. The molecule has 0 atom stereocenters. The molecule has 3 heteroatoms. The maximum Gasteiger partial charge on any atom is 0.255 e. The second-order valence-corrected chi connectivity index (χ2v) is 7.52. The highest BCUT2D eigenvalue weighted by molar-refractivity contribution is 6.01. The van der Waals surface area contributed by atoms with E-state index in [-0.39, 0.29) is 11.4 Å². The van der Waals surface area contributed by atoms with Crippen LogP contribution in [0.15, 0.2) is 42.5 Å². The molecule has 0 N–H and O–H groups in total. The molecule has 2 aromatic carbocycles. The number of hydrogen-bond donors (Lipinski definition) is 0. The summed E-state index contributed by atoms with van der Waals surface area (Å²) in [5, 5.41) is 0. The van der Waals surface area contributed by atoms with Crippen molar-refractivity contribution in [2.75, 3.05) is 7.11 Å². The number of nitrogens with zero attached hydrogens (tertiary/aromatic N) is 1. The lowest BCUT2D eigenvalue weighted by atomic mass is 9.76. The summed E-state index contributed by atoms with van der Waals surface area (Å²) in [6.45, 7) is 2.81. The van der Waals surface area contributed by atoms with Crippen LogP contribution in [-0.4, -0.2) is 17.9 Å². The molecule has 136 valence electrons. The third kappa shape index (κ3) is 2.61.